The van der Waals surface area contributed by atoms with Crippen LogP contribution in [0.15, 0.2) is 206 Å². The lowest BCUT2D eigenvalue weighted by molar-refractivity contribution is 1.07. The number of aromatic nitrogens is 5. The number of rotatable bonds is 8. The van der Waals surface area contributed by atoms with E-state index in [1.807, 2.05) is 164 Å². The van der Waals surface area contributed by atoms with E-state index in [1.54, 1.807) is 6.07 Å². The zero-order chi connectivity index (χ0) is 56.0. The topological polar surface area (TPSA) is 215 Å². The van der Waals surface area contributed by atoms with Crippen LogP contribution in [0.1, 0.15) is 38.9 Å². The van der Waals surface area contributed by atoms with Crippen molar-refractivity contribution >= 4 is 43.6 Å². The van der Waals surface area contributed by atoms with Crippen LogP contribution in [0.25, 0.3) is 123 Å². The molecule has 374 valence electrons. The molecule has 12 heteroatoms. The van der Waals surface area contributed by atoms with Gasteiger partial charge in [0.15, 0.2) is 17.5 Å². The molecule has 0 aliphatic carbocycles. The molecule has 13 rings (SSSR count). The molecular formula is C70H34N12. The lowest BCUT2D eigenvalue weighted by atomic mass is 9.92. The summed E-state index contributed by atoms with van der Waals surface area (Å²) in [5.41, 5.74) is 12.3. The lowest BCUT2D eigenvalue weighted by Crippen LogP contribution is -2.04. The summed E-state index contributed by atoms with van der Waals surface area (Å²) in [6.07, 6.45) is 0. The summed E-state index contributed by atoms with van der Waals surface area (Å²) in [6.45, 7) is 0. The van der Waals surface area contributed by atoms with Gasteiger partial charge in [0.25, 0.3) is 0 Å². The Bertz CT molecular complexity index is 5070. The second-order valence-electron chi connectivity index (χ2n) is 19.3. The van der Waals surface area contributed by atoms with Crippen molar-refractivity contribution < 1.29 is 0 Å². The van der Waals surface area contributed by atoms with Crippen molar-refractivity contribution in [1.82, 2.24) is 24.1 Å². The SMILES string of the molecule is N#Cc1cc(C#N)c(-c2ccc3c(c2)c2ccccc2n3-c2cc(C#N)ccc2-c2ccc(-c3nc(-c4ccccc4)nc(-c4ccccc4)n3)cc2-n2c3ccccc3c3cc(-c4c(C#N)cc(C#N)cc4C#N)ccc32)c(C#N)c1. The highest BCUT2D eigenvalue weighted by Gasteiger charge is 2.25. The Morgan fingerprint density at radius 3 is 1.06 bits per heavy atom. The van der Waals surface area contributed by atoms with Gasteiger partial charge >= 0.3 is 0 Å². The first-order valence-electron chi connectivity index (χ1n) is 25.7. The summed E-state index contributed by atoms with van der Waals surface area (Å²) >= 11 is 0. The molecule has 0 saturated carbocycles. The minimum absolute atomic E-state index is 0.206. The van der Waals surface area contributed by atoms with E-state index >= 15 is 0 Å². The Morgan fingerprint density at radius 2 is 0.634 bits per heavy atom. The highest BCUT2D eigenvalue weighted by atomic mass is 15.0. The zero-order valence-corrected chi connectivity index (χ0v) is 43.0. The Balaban J connectivity index is 1.10. The molecule has 12 nitrogen and oxygen atoms in total. The zero-order valence-electron chi connectivity index (χ0n) is 43.0. The summed E-state index contributed by atoms with van der Waals surface area (Å²) < 4.78 is 4.33. The number of hydrogen-bond donors (Lipinski definition) is 0. The van der Waals surface area contributed by atoms with Crippen molar-refractivity contribution in [2.24, 2.45) is 0 Å². The summed E-state index contributed by atoms with van der Waals surface area (Å²) in [6, 6.07) is 80.4. The number of hydrogen-bond acceptors (Lipinski definition) is 10. The second-order valence-corrected chi connectivity index (χ2v) is 19.3. The van der Waals surface area contributed by atoms with E-state index in [4.69, 9.17) is 15.0 Å². The van der Waals surface area contributed by atoms with E-state index in [0.717, 1.165) is 71.6 Å². The molecule has 0 amide bonds. The highest BCUT2D eigenvalue weighted by Crippen LogP contribution is 2.45. The summed E-state index contributed by atoms with van der Waals surface area (Å²) in [4.78, 5) is 15.3. The van der Waals surface area contributed by atoms with Gasteiger partial charge in [-0.15, -0.1) is 0 Å². The number of benzene rings is 10. The standard InChI is InChI=1S/C70H34N12/c71-35-42-19-23-56(64(31-42)81-60-17-9-7-15-54(60)58-32-47(21-25-62(58)81)66-50(38-74)27-43(36-72)28-51(66)39-75)57-24-20-49(70-79-68(45-11-3-1-4-12-45)78-69(80-70)46-13-5-2-6-14-46)34-65(57)82-61-18-10-8-16-55(61)59-33-48(22-26-63(59)82)67-52(40-76)29-44(37-73)30-53(67)41-77/h1-34H. The van der Waals surface area contributed by atoms with Crippen LogP contribution < -0.4 is 0 Å². The molecule has 0 spiro atoms. The van der Waals surface area contributed by atoms with Gasteiger partial charge in [-0.25, -0.2) is 15.0 Å². The first kappa shape index (κ1) is 48.9. The normalized spacial score (nSPS) is 10.8. The molecule has 0 fully saturated rings. The van der Waals surface area contributed by atoms with E-state index in [9.17, 15) is 36.8 Å². The molecule has 13 aromatic rings. The van der Waals surface area contributed by atoms with Crippen LogP contribution in [0.3, 0.4) is 0 Å². The fourth-order valence-corrected chi connectivity index (χ4v) is 11.2. The van der Waals surface area contributed by atoms with Crippen LogP contribution in [0.2, 0.25) is 0 Å². The minimum atomic E-state index is 0.206. The maximum Gasteiger partial charge on any atom is 0.164 e. The number of para-hydroxylation sites is 2. The second kappa shape index (κ2) is 20.0. The Morgan fingerprint density at radius 1 is 0.268 bits per heavy atom. The Kier molecular flexibility index (Phi) is 11.9. The van der Waals surface area contributed by atoms with Crippen molar-refractivity contribution in [2.75, 3.05) is 0 Å². The maximum absolute atomic E-state index is 10.7. The third-order valence-corrected chi connectivity index (χ3v) is 14.8. The molecule has 0 atom stereocenters. The molecule has 82 heavy (non-hydrogen) atoms. The van der Waals surface area contributed by atoms with E-state index in [-0.39, 0.29) is 33.4 Å². The highest BCUT2D eigenvalue weighted by molar-refractivity contribution is 6.13. The minimum Gasteiger partial charge on any atom is -0.309 e. The van der Waals surface area contributed by atoms with Gasteiger partial charge in [0.2, 0.25) is 0 Å². The van der Waals surface area contributed by atoms with E-state index in [0.29, 0.717) is 56.5 Å². The molecule has 0 unspecified atom stereocenters. The predicted molar refractivity (Wildman–Crippen MR) is 314 cm³/mol. The van der Waals surface area contributed by atoms with Crippen molar-refractivity contribution in [3.05, 3.63) is 245 Å². The van der Waals surface area contributed by atoms with Crippen molar-refractivity contribution in [2.45, 2.75) is 0 Å². The van der Waals surface area contributed by atoms with Gasteiger partial charge in [-0.1, -0.05) is 127 Å². The van der Waals surface area contributed by atoms with Gasteiger partial charge < -0.3 is 9.13 Å². The molecule has 0 bridgehead atoms. The monoisotopic (exact) mass is 1040 g/mol. The first-order valence-corrected chi connectivity index (χ1v) is 25.7. The van der Waals surface area contributed by atoms with Crippen LogP contribution in [-0.4, -0.2) is 24.1 Å². The van der Waals surface area contributed by atoms with Crippen molar-refractivity contribution in [1.29, 1.82) is 36.8 Å². The number of nitrogens with zero attached hydrogens (tertiary/aromatic N) is 12. The van der Waals surface area contributed by atoms with Gasteiger partial charge in [0.1, 0.15) is 0 Å². The van der Waals surface area contributed by atoms with Gasteiger partial charge in [-0.3, -0.25) is 0 Å². The van der Waals surface area contributed by atoms with Crippen molar-refractivity contribution in [3.8, 4) is 121 Å². The van der Waals surface area contributed by atoms with Gasteiger partial charge in [-0.2, -0.15) is 36.8 Å². The van der Waals surface area contributed by atoms with Gasteiger partial charge in [-0.05, 0) is 90.0 Å². The van der Waals surface area contributed by atoms with Crippen LogP contribution >= 0.6 is 0 Å². The van der Waals surface area contributed by atoms with E-state index in [1.165, 1.54) is 24.3 Å². The van der Waals surface area contributed by atoms with E-state index in [2.05, 4.69) is 63.8 Å². The fraction of sp³-hybridized carbons (Fsp3) is 0. The number of nitriles is 7. The fourth-order valence-electron chi connectivity index (χ4n) is 11.2. The molecule has 10 aromatic carbocycles. The molecule has 0 aliphatic heterocycles. The third-order valence-electron chi connectivity index (χ3n) is 14.8. The van der Waals surface area contributed by atoms with Crippen LogP contribution in [0.5, 0.6) is 0 Å². The molecule has 3 aromatic heterocycles. The molecule has 3 heterocycles. The maximum atomic E-state index is 10.7. The Labute approximate surface area is 468 Å². The van der Waals surface area contributed by atoms with Gasteiger partial charge in [0, 0.05) is 60.5 Å². The van der Waals surface area contributed by atoms with Crippen LogP contribution in [0.4, 0.5) is 0 Å². The lowest BCUT2D eigenvalue weighted by Gasteiger charge is -2.20. The van der Waals surface area contributed by atoms with Crippen molar-refractivity contribution in [3.63, 3.8) is 0 Å². The molecule has 0 N–H and O–H groups in total. The summed E-state index contributed by atoms with van der Waals surface area (Å²) in [5, 5.41) is 75.1. The predicted octanol–water partition coefficient (Wildman–Crippen LogP) is 15.2. The molecule has 0 saturated heterocycles. The quantitative estimate of drug-likeness (QED) is 0.140. The number of fused-ring (bicyclic) bond motifs is 6. The Hall–Kier alpha value is -12.8. The smallest absolute Gasteiger partial charge is 0.164 e. The van der Waals surface area contributed by atoms with Crippen LogP contribution in [-0.2, 0) is 0 Å². The first-order chi connectivity index (χ1) is 40.3. The molecule has 0 radical (unpaired) electrons. The average molecular weight is 1040 g/mol. The van der Waals surface area contributed by atoms with Crippen LogP contribution in [0, 0.1) is 79.3 Å². The average Bonchev–Trinajstić information content (AvgIpc) is 3.50. The van der Waals surface area contributed by atoms with Gasteiger partial charge in [0.05, 0.1) is 115 Å². The molecular weight excluding hydrogens is 1010 g/mol. The largest absolute Gasteiger partial charge is 0.309 e. The summed E-state index contributed by atoms with van der Waals surface area (Å²) in [7, 11) is 0. The van der Waals surface area contributed by atoms with E-state index < -0.39 is 0 Å². The molecule has 0 aliphatic rings. The summed E-state index contributed by atoms with van der Waals surface area (Å²) in [5.74, 6) is 1.41. The third kappa shape index (κ3) is 8.07.